The van der Waals surface area contributed by atoms with E-state index in [0.717, 1.165) is 6.08 Å². The summed E-state index contributed by atoms with van der Waals surface area (Å²) in [4.78, 5) is 12.2. The van der Waals surface area contributed by atoms with Crippen LogP contribution < -0.4 is 5.32 Å². The number of hydrogen-bond donors (Lipinski definition) is 1. The van der Waals surface area contributed by atoms with Gasteiger partial charge in [-0.25, -0.2) is 0 Å². The van der Waals surface area contributed by atoms with Gasteiger partial charge in [0.2, 0.25) is 5.91 Å². The molecule has 1 heterocycles. The Balaban J connectivity index is 2.25. The van der Waals surface area contributed by atoms with Gasteiger partial charge >= 0.3 is 6.18 Å². The smallest absolute Gasteiger partial charge is 0.352 e. The van der Waals surface area contributed by atoms with Crippen LogP contribution in [0.25, 0.3) is 0 Å². The van der Waals surface area contributed by atoms with E-state index in [1.807, 2.05) is 0 Å². The lowest BCUT2D eigenvalue weighted by molar-refractivity contribution is -0.143. The van der Waals surface area contributed by atoms with Crippen molar-refractivity contribution >= 4 is 5.91 Å². The zero-order valence-electron chi connectivity index (χ0n) is 8.89. The van der Waals surface area contributed by atoms with Gasteiger partial charge in [-0.3, -0.25) is 9.69 Å². The van der Waals surface area contributed by atoms with Crippen LogP contribution in [0.4, 0.5) is 13.2 Å². The Labute approximate surface area is 92.3 Å². The molecule has 1 amide bonds. The zero-order valence-corrected chi connectivity index (χ0v) is 8.89. The minimum atomic E-state index is -4.14. The van der Waals surface area contributed by atoms with Gasteiger partial charge in [-0.05, 0) is 25.0 Å². The van der Waals surface area contributed by atoms with Crippen LogP contribution >= 0.6 is 0 Å². The van der Waals surface area contributed by atoms with Gasteiger partial charge in [0.05, 0.1) is 6.54 Å². The first-order chi connectivity index (χ1) is 7.40. The Morgan fingerprint density at radius 3 is 2.81 bits per heavy atom. The van der Waals surface area contributed by atoms with Gasteiger partial charge in [0.15, 0.2) is 0 Å². The Kier molecular flexibility index (Phi) is 4.35. The number of nitrogens with one attached hydrogen (secondary N) is 1. The lowest BCUT2D eigenvalue weighted by Crippen LogP contribution is -2.34. The van der Waals surface area contributed by atoms with Crippen LogP contribution in [0.3, 0.4) is 0 Å². The maximum absolute atomic E-state index is 12.1. The van der Waals surface area contributed by atoms with Crippen LogP contribution in [0.5, 0.6) is 0 Å². The van der Waals surface area contributed by atoms with Crippen molar-refractivity contribution in [1.29, 1.82) is 0 Å². The fourth-order valence-electron chi connectivity index (χ4n) is 1.79. The molecule has 0 aromatic heterocycles. The van der Waals surface area contributed by atoms with E-state index >= 15 is 0 Å². The van der Waals surface area contributed by atoms with Gasteiger partial charge in [-0.1, -0.05) is 6.58 Å². The molecule has 1 fully saturated rings. The highest BCUT2D eigenvalue weighted by Gasteiger charge is 2.34. The molecule has 1 aliphatic rings. The number of alkyl halides is 3. The molecule has 1 N–H and O–H groups in total. The van der Waals surface area contributed by atoms with E-state index in [1.165, 1.54) is 4.90 Å². The number of halogens is 3. The lowest BCUT2D eigenvalue weighted by Gasteiger charge is -2.17. The third-order valence-electron chi connectivity index (χ3n) is 2.52. The van der Waals surface area contributed by atoms with Crippen molar-refractivity contribution in [2.24, 2.45) is 5.92 Å². The molecule has 1 saturated heterocycles. The highest BCUT2D eigenvalue weighted by Crippen LogP contribution is 2.22. The summed E-state index contributed by atoms with van der Waals surface area (Å²) < 4.78 is 36.2. The molecule has 0 aromatic carbocycles. The maximum Gasteiger partial charge on any atom is 0.401 e. The van der Waals surface area contributed by atoms with Gasteiger partial charge in [-0.2, -0.15) is 13.2 Å². The average Bonchev–Trinajstić information content (AvgIpc) is 2.59. The number of carbonyl (C=O) groups is 1. The van der Waals surface area contributed by atoms with E-state index < -0.39 is 12.7 Å². The van der Waals surface area contributed by atoms with Gasteiger partial charge < -0.3 is 5.32 Å². The van der Waals surface area contributed by atoms with Gasteiger partial charge in [0.25, 0.3) is 0 Å². The summed E-state index contributed by atoms with van der Waals surface area (Å²) in [7, 11) is 0. The predicted octanol–water partition coefficient (Wildman–Crippen LogP) is 1.17. The van der Waals surface area contributed by atoms with Gasteiger partial charge in [0.1, 0.15) is 0 Å². The molecule has 0 radical (unpaired) electrons. The van der Waals surface area contributed by atoms with Crippen molar-refractivity contribution in [3.8, 4) is 0 Å². The quantitative estimate of drug-likeness (QED) is 0.743. The Morgan fingerprint density at radius 1 is 1.56 bits per heavy atom. The first-order valence-corrected chi connectivity index (χ1v) is 5.10. The second-order valence-corrected chi connectivity index (χ2v) is 3.95. The molecule has 6 heteroatoms. The van der Waals surface area contributed by atoms with Gasteiger partial charge in [-0.15, -0.1) is 0 Å². The molecule has 1 atom stereocenters. The molecule has 0 bridgehead atoms. The number of rotatable bonds is 4. The SMILES string of the molecule is C=CC(=O)NCC1CCN(CC(F)(F)F)C1. The van der Waals surface area contributed by atoms with E-state index in [-0.39, 0.29) is 11.8 Å². The number of amides is 1. The second-order valence-electron chi connectivity index (χ2n) is 3.95. The molecule has 0 saturated carbocycles. The van der Waals surface area contributed by atoms with Gasteiger partial charge in [0, 0.05) is 13.1 Å². The van der Waals surface area contributed by atoms with E-state index in [1.54, 1.807) is 0 Å². The lowest BCUT2D eigenvalue weighted by atomic mass is 10.1. The first-order valence-electron chi connectivity index (χ1n) is 5.10. The summed E-state index contributed by atoms with van der Waals surface area (Å²) in [5, 5.41) is 2.59. The number of likely N-dealkylation sites (tertiary alicyclic amines) is 1. The summed E-state index contributed by atoms with van der Waals surface area (Å²) >= 11 is 0. The molecule has 16 heavy (non-hydrogen) atoms. The molecule has 1 rings (SSSR count). The Bertz CT molecular complexity index is 265. The summed E-state index contributed by atoms with van der Waals surface area (Å²) in [6, 6.07) is 0. The molecule has 1 unspecified atom stereocenters. The highest BCUT2D eigenvalue weighted by molar-refractivity contribution is 5.86. The van der Waals surface area contributed by atoms with E-state index in [9.17, 15) is 18.0 Å². The molecular formula is C10H15F3N2O. The molecule has 0 aliphatic carbocycles. The molecular weight excluding hydrogens is 221 g/mol. The maximum atomic E-state index is 12.1. The Hall–Kier alpha value is -1.04. The van der Waals surface area contributed by atoms with Crippen LogP contribution in [-0.4, -0.2) is 43.2 Å². The fourth-order valence-corrected chi connectivity index (χ4v) is 1.79. The van der Waals surface area contributed by atoms with Crippen molar-refractivity contribution in [2.45, 2.75) is 12.6 Å². The molecule has 92 valence electrons. The van der Waals surface area contributed by atoms with Crippen molar-refractivity contribution < 1.29 is 18.0 Å². The number of hydrogen-bond acceptors (Lipinski definition) is 2. The largest absolute Gasteiger partial charge is 0.401 e. The number of nitrogens with zero attached hydrogens (tertiary/aromatic N) is 1. The highest BCUT2D eigenvalue weighted by atomic mass is 19.4. The van der Waals surface area contributed by atoms with Crippen molar-refractivity contribution in [1.82, 2.24) is 10.2 Å². The molecule has 1 aliphatic heterocycles. The predicted molar refractivity (Wildman–Crippen MR) is 53.8 cm³/mol. The van der Waals surface area contributed by atoms with Crippen LogP contribution in [0.15, 0.2) is 12.7 Å². The summed E-state index contributed by atoms with van der Waals surface area (Å²) in [5.41, 5.74) is 0. The monoisotopic (exact) mass is 236 g/mol. The zero-order chi connectivity index (χ0) is 12.2. The van der Waals surface area contributed by atoms with E-state index in [2.05, 4.69) is 11.9 Å². The molecule has 0 spiro atoms. The van der Waals surface area contributed by atoms with E-state index in [0.29, 0.717) is 26.1 Å². The van der Waals surface area contributed by atoms with Crippen molar-refractivity contribution in [3.63, 3.8) is 0 Å². The minimum Gasteiger partial charge on any atom is -0.352 e. The summed E-state index contributed by atoms with van der Waals surface area (Å²) in [5.74, 6) is -0.180. The van der Waals surface area contributed by atoms with Crippen LogP contribution in [0.2, 0.25) is 0 Å². The summed E-state index contributed by atoms with van der Waals surface area (Å²) in [6.07, 6.45) is -2.30. The second kappa shape index (κ2) is 5.34. The standard InChI is InChI=1S/C10H15F3N2O/c1-2-9(16)14-5-8-3-4-15(6-8)7-10(11,12)13/h2,8H,1,3-7H2,(H,14,16). The Morgan fingerprint density at radius 2 is 2.25 bits per heavy atom. The van der Waals surface area contributed by atoms with Crippen molar-refractivity contribution in [3.05, 3.63) is 12.7 Å². The minimum absolute atomic E-state index is 0.103. The first kappa shape index (κ1) is 13.0. The normalized spacial score (nSPS) is 22.1. The number of carbonyl (C=O) groups excluding carboxylic acids is 1. The van der Waals surface area contributed by atoms with Crippen LogP contribution in [0, 0.1) is 5.92 Å². The van der Waals surface area contributed by atoms with Crippen LogP contribution in [-0.2, 0) is 4.79 Å². The summed E-state index contributed by atoms with van der Waals surface area (Å²) in [6.45, 7) is 3.68. The van der Waals surface area contributed by atoms with Crippen LogP contribution in [0.1, 0.15) is 6.42 Å². The topological polar surface area (TPSA) is 32.3 Å². The third-order valence-corrected chi connectivity index (χ3v) is 2.52. The fraction of sp³-hybridized carbons (Fsp3) is 0.700. The molecule has 0 aromatic rings. The third kappa shape index (κ3) is 4.65. The van der Waals surface area contributed by atoms with Crippen molar-refractivity contribution in [2.75, 3.05) is 26.2 Å². The van der Waals surface area contributed by atoms with E-state index in [4.69, 9.17) is 0 Å². The molecule has 3 nitrogen and oxygen atoms in total. The average molecular weight is 236 g/mol.